The van der Waals surface area contributed by atoms with Gasteiger partial charge in [0.2, 0.25) is 0 Å². The van der Waals surface area contributed by atoms with Crippen LogP contribution in [-0.4, -0.2) is 5.71 Å². The number of nitrogens with one attached hydrogen (secondary N) is 2. The molecule has 0 saturated heterocycles. The SMILES string of the molecule is N=C1C=CC(N)=C/C1=C/Nc1cccc(C(F)(F)F)c1. The third-order valence-electron chi connectivity index (χ3n) is 2.66. The van der Waals surface area contributed by atoms with Crippen molar-refractivity contribution in [2.45, 2.75) is 6.18 Å². The van der Waals surface area contributed by atoms with E-state index in [-0.39, 0.29) is 5.71 Å². The number of alkyl halides is 3. The zero-order valence-corrected chi connectivity index (χ0v) is 10.3. The van der Waals surface area contributed by atoms with Crippen LogP contribution in [-0.2, 0) is 6.18 Å². The van der Waals surface area contributed by atoms with Crippen molar-refractivity contribution in [2.75, 3.05) is 5.32 Å². The lowest BCUT2D eigenvalue weighted by atomic mass is 10.1. The number of benzene rings is 1. The second kappa shape index (κ2) is 5.24. The van der Waals surface area contributed by atoms with Crippen LogP contribution >= 0.6 is 0 Å². The van der Waals surface area contributed by atoms with E-state index in [0.29, 0.717) is 17.0 Å². The fourth-order valence-corrected chi connectivity index (χ4v) is 1.65. The maximum absolute atomic E-state index is 12.6. The number of hydrogen-bond acceptors (Lipinski definition) is 3. The Labute approximate surface area is 113 Å². The van der Waals surface area contributed by atoms with Crippen LogP contribution in [0.15, 0.2) is 60.0 Å². The summed E-state index contributed by atoms with van der Waals surface area (Å²) in [4.78, 5) is 0. The van der Waals surface area contributed by atoms with Crippen molar-refractivity contribution in [3.8, 4) is 0 Å². The molecule has 0 atom stereocenters. The van der Waals surface area contributed by atoms with Crippen LogP contribution in [0.2, 0.25) is 0 Å². The standard InChI is InChI=1S/C14H12F3N3/c15-14(16,17)10-2-1-3-12(7-10)20-8-9-6-11(18)4-5-13(9)19/h1-8,19-20H,18H2/b9-8-,19-13?. The second-order valence-corrected chi connectivity index (χ2v) is 4.21. The predicted molar refractivity (Wildman–Crippen MR) is 72.3 cm³/mol. The van der Waals surface area contributed by atoms with E-state index in [1.165, 1.54) is 24.4 Å². The highest BCUT2D eigenvalue weighted by Gasteiger charge is 2.30. The molecule has 1 aliphatic carbocycles. The summed E-state index contributed by atoms with van der Waals surface area (Å²) in [5.74, 6) is 0. The second-order valence-electron chi connectivity index (χ2n) is 4.21. The summed E-state index contributed by atoms with van der Waals surface area (Å²) in [6, 6.07) is 4.84. The molecule has 2 rings (SSSR count). The van der Waals surface area contributed by atoms with E-state index in [4.69, 9.17) is 11.1 Å². The van der Waals surface area contributed by atoms with Crippen molar-refractivity contribution >= 4 is 11.4 Å². The maximum Gasteiger partial charge on any atom is 0.416 e. The Morgan fingerprint density at radius 1 is 1.20 bits per heavy atom. The van der Waals surface area contributed by atoms with Gasteiger partial charge < -0.3 is 16.5 Å². The average Bonchev–Trinajstić information content (AvgIpc) is 2.39. The third kappa shape index (κ3) is 3.28. The van der Waals surface area contributed by atoms with Crippen LogP contribution in [0.5, 0.6) is 0 Å². The van der Waals surface area contributed by atoms with Gasteiger partial charge in [0.15, 0.2) is 0 Å². The van der Waals surface area contributed by atoms with Crippen LogP contribution < -0.4 is 11.1 Å². The molecule has 104 valence electrons. The van der Waals surface area contributed by atoms with Gasteiger partial charge in [-0.2, -0.15) is 13.2 Å². The van der Waals surface area contributed by atoms with Gasteiger partial charge in [0.05, 0.1) is 11.3 Å². The minimum Gasteiger partial charge on any atom is -0.399 e. The molecule has 0 unspecified atom stereocenters. The Hall–Kier alpha value is -2.50. The Morgan fingerprint density at radius 3 is 2.65 bits per heavy atom. The van der Waals surface area contributed by atoms with E-state index in [0.717, 1.165) is 12.1 Å². The largest absolute Gasteiger partial charge is 0.416 e. The minimum atomic E-state index is -4.38. The van der Waals surface area contributed by atoms with E-state index >= 15 is 0 Å². The number of anilines is 1. The lowest BCUT2D eigenvalue weighted by Crippen LogP contribution is -2.08. The molecular weight excluding hydrogens is 267 g/mol. The molecule has 0 saturated carbocycles. The first kappa shape index (κ1) is 13.9. The lowest BCUT2D eigenvalue weighted by molar-refractivity contribution is -0.137. The number of halogens is 3. The molecule has 0 amide bonds. The van der Waals surface area contributed by atoms with Gasteiger partial charge in [-0.15, -0.1) is 0 Å². The zero-order valence-electron chi connectivity index (χ0n) is 10.3. The molecule has 0 fully saturated rings. The molecule has 3 nitrogen and oxygen atoms in total. The molecule has 20 heavy (non-hydrogen) atoms. The number of allylic oxidation sites excluding steroid dienone is 4. The summed E-state index contributed by atoms with van der Waals surface area (Å²) in [5, 5.41) is 10.4. The van der Waals surface area contributed by atoms with Gasteiger partial charge in [-0.1, -0.05) is 6.07 Å². The Bertz CT molecular complexity index is 625. The van der Waals surface area contributed by atoms with Gasteiger partial charge in [0, 0.05) is 23.2 Å². The number of rotatable bonds is 2. The van der Waals surface area contributed by atoms with Crippen molar-refractivity contribution in [3.63, 3.8) is 0 Å². The number of nitrogens with two attached hydrogens (primary N) is 1. The molecule has 0 aromatic heterocycles. The molecule has 0 heterocycles. The van der Waals surface area contributed by atoms with Crippen molar-refractivity contribution < 1.29 is 13.2 Å². The summed E-state index contributed by atoms with van der Waals surface area (Å²) in [6.07, 6.45) is 1.76. The van der Waals surface area contributed by atoms with E-state index < -0.39 is 11.7 Å². The highest BCUT2D eigenvalue weighted by Crippen LogP contribution is 2.30. The van der Waals surface area contributed by atoms with Crippen molar-refractivity contribution in [2.24, 2.45) is 5.73 Å². The van der Waals surface area contributed by atoms with E-state index in [1.54, 1.807) is 12.2 Å². The summed E-state index contributed by atoms with van der Waals surface area (Å²) >= 11 is 0. The van der Waals surface area contributed by atoms with Gasteiger partial charge >= 0.3 is 6.18 Å². The van der Waals surface area contributed by atoms with Crippen LogP contribution in [0.25, 0.3) is 0 Å². The van der Waals surface area contributed by atoms with E-state index in [1.807, 2.05) is 0 Å². The zero-order chi connectivity index (χ0) is 14.8. The molecule has 1 aromatic carbocycles. The van der Waals surface area contributed by atoms with Crippen LogP contribution in [0.1, 0.15) is 5.56 Å². The predicted octanol–water partition coefficient (Wildman–Crippen LogP) is 3.43. The molecule has 6 heteroatoms. The topological polar surface area (TPSA) is 61.9 Å². The quantitative estimate of drug-likeness (QED) is 0.776. The number of hydrogen-bond donors (Lipinski definition) is 3. The summed E-state index contributed by atoms with van der Waals surface area (Å²) in [5.41, 5.74) is 6.39. The summed E-state index contributed by atoms with van der Waals surface area (Å²) in [6.45, 7) is 0. The monoisotopic (exact) mass is 279 g/mol. The van der Waals surface area contributed by atoms with Crippen molar-refractivity contribution in [1.29, 1.82) is 5.41 Å². The molecule has 1 aliphatic rings. The molecule has 0 bridgehead atoms. The minimum absolute atomic E-state index is 0.235. The van der Waals surface area contributed by atoms with Gasteiger partial charge in [-0.25, -0.2) is 0 Å². The Balaban J connectivity index is 2.19. The Morgan fingerprint density at radius 2 is 1.95 bits per heavy atom. The highest BCUT2D eigenvalue weighted by atomic mass is 19.4. The van der Waals surface area contributed by atoms with E-state index in [2.05, 4.69) is 5.32 Å². The van der Waals surface area contributed by atoms with Crippen LogP contribution in [0, 0.1) is 5.41 Å². The smallest absolute Gasteiger partial charge is 0.399 e. The molecule has 1 aromatic rings. The van der Waals surface area contributed by atoms with Gasteiger partial charge in [0.1, 0.15) is 0 Å². The fourth-order valence-electron chi connectivity index (χ4n) is 1.65. The lowest BCUT2D eigenvalue weighted by Gasteiger charge is -2.10. The first-order chi connectivity index (χ1) is 9.36. The Kier molecular flexibility index (Phi) is 3.65. The van der Waals surface area contributed by atoms with E-state index in [9.17, 15) is 13.2 Å². The van der Waals surface area contributed by atoms with Gasteiger partial charge in [-0.3, -0.25) is 0 Å². The van der Waals surface area contributed by atoms with Crippen molar-refractivity contribution in [3.05, 3.63) is 65.5 Å². The molecule has 0 aliphatic heterocycles. The highest BCUT2D eigenvalue weighted by molar-refractivity contribution is 6.09. The molecule has 4 N–H and O–H groups in total. The summed E-state index contributed by atoms with van der Waals surface area (Å²) < 4.78 is 37.7. The first-order valence-electron chi connectivity index (χ1n) is 5.74. The third-order valence-corrected chi connectivity index (χ3v) is 2.66. The molecule has 0 radical (unpaired) electrons. The molecular formula is C14H12F3N3. The normalized spacial score (nSPS) is 17.2. The first-order valence-corrected chi connectivity index (χ1v) is 5.74. The fraction of sp³-hybridized carbons (Fsp3) is 0.0714. The van der Waals surface area contributed by atoms with Crippen LogP contribution in [0.3, 0.4) is 0 Å². The van der Waals surface area contributed by atoms with Gasteiger partial charge in [-0.05, 0) is 36.4 Å². The van der Waals surface area contributed by atoms with Crippen molar-refractivity contribution in [1.82, 2.24) is 0 Å². The van der Waals surface area contributed by atoms with Crippen LogP contribution in [0.4, 0.5) is 18.9 Å². The maximum atomic E-state index is 12.6. The average molecular weight is 279 g/mol. The van der Waals surface area contributed by atoms with Gasteiger partial charge in [0.25, 0.3) is 0 Å². The summed E-state index contributed by atoms with van der Waals surface area (Å²) in [7, 11) is 0. The molecule has 0 spiro atoms.